The summed E-state index contributed by atoms with van der Waals surface area (Å²) in [7, 11) is 0. The van der Waals surface area contributed by atoms with E-state index in [4.69, 9.17) is 9.47 Å². The minimum Gasteiger partial charge on any atom is -0.494 e. The van der Waals surface area contributed by atoms with Crippen LogP contribution in [0.5, 0.6) is 17.2 Å². The van der Waals surface area contributed by atoms with Crippen molar-refractivity contribution in [1.82, 2.24) is 0 Å². The molecule has 3 aromatic rings. The molecule has 132 valence electrons. The van der Waals surface area contributed by atoms with Gasteiger partial charge in [0.2, 0.25) is 0 Å². The summed E-state index contributed by atoms with van der Waals surface area (Å²) < 4.78 is 24.8. The maximum absolute atomic E-state index is 13.6. The van der Waals surface area contributed by atoms with Crippen LogP contribution in [0.2, 0.25) is 0 Å². The van der Waals surface area contributed by atoms with Crippen LogP contribution < -0.4 is 14.8 Å². The van der Waals surface area contributed by atoms with Crippen LogP contribution in [-0.2, 0) is 0 Å². The minimum atomic E-state index is -0.555. The SMILES string of the molecule is CCOc1ccc(Oc2ccc(NC(=O)c3ccccc3F)cc2)cc1. The van der Waals surface area contributed by atoms with E-state index in [1.165, 1.54) is 12.1 Å². The van der Waals surface area contributed by atoms with Crippen molar-refractivity contribution in [2.75, 3.05) is 11.9 Å². The standard InChI is InChI=1S/C21H18FNO3/c1-2-25-16-11-13-18(14-12-16)26-17-9-7-15(8-10-17)23-21(24)19-5-3-4-6-20(19)22/h3-14H,2H2,1H3,(H,23,24). The molecule has 0 aliphatic carbocycles. The van der Waals surface area contributed by atoms with Crippen molar-refractivity contribution in [3.05, 3.63) is 84.2 Å². The van der Waals surface area contributed by atoms with Gasteiger partial charge in [0, 0.05) is 5.69 Å². The molecule has 0 aromatic heterocycles. The summed E-state index contributed by atoms with van der Waals surface area (Å²) in [5.41, 5.74) is 0.555. The molecule has 0 aliphatic heterocycles. The molecule has 0 fully saturated rings. The first-order chi connectivity index (χ1) is 12.7. The van der Waals surface area contributed by atoms with E-state index in [1.807, 2.05) is 31.2 Å². The third-order valence-corrected chi connectivity index (χ3v) is 3.60. The van der Waals surface area contributed by atoms with Gasteiger partial charge in [-0.05, 0) is 67.6 Å². The maximum Gasteiger partial charge on any atom is 0.258 e. The molecule has 4 nitrogen and oxygen atoms in total. The molecule has 0 unspecified atom stereocenters. The lowest BCUT2D eigenvalue weighted by atomic mass is 10.2. The average Bonchev–Trinajstić information content (AvgIpc) is 2.65. The van der Waals surface area contributed by atoms with Gasteiger partial charge in [0.15, 0.2) is 0 Å². The minimum absolute atomic E-state index is 0.00205. The van der Waals surface area contributed by atoms with Gasteiger partial charge in [0.25, 0.3) is 5.91 Å². The summed E-state index contributed by atoms with van der Waals surface area (Å²) in [6.07, 6.45) is 0. The molecule has 1 amide bonds. The van der Waals surface area contributed by atoms with Crippen molar-refractivity contribution in [3.8, 4) is 17.2 Å². The Bertz CT molecular complexity index is 877. The number of carbonyl (C=O) groups is 1. The highest BCUT2D eigenvalue weighted by Gasteiger charge is 2.10. The normalized spacial score (nSPS) is 10.2. The fraction of sp³-hybridized carbons (Fsp3) is 0.0952. The van der Waals surface area contributed by atoms with E-state index in [0.717, 1.165) is 5.75 Å². The van der Waals surface area contributed by atoms with Gasteiger partial charge < -0.3 is 14.8 Å². The van der Waals surface area contributed by atoms with Crippen LogP contribution in [0.4, 0.5) is 10.1 Å². The summed E-state index contributed by atoms with van der Waals surface area (Å²) in [4.78, 5) is 12.1. The second-order valence-electron chi connectivity index (χ2n) is 5.46. The molecule has 0 heterocycles. The highest BCUT2D eigenvalue weighted by atomic mass is 19.1. The van der Waals surface area contributed by atoms with Crippen LogP contribution in [0.1, 0.15) is 17.3 Å². The van der Waals surface area contributed by atoms with E-state index in [2.05, 4.69) is 5.32 Å². The fourth-order valence-electron chi connectivity index (χ4n) is 2.36. The van der Waals surface area contributed by atoms with Gasteiger partial charge in [-0.25, -0.2) is 4.39 Å². The highest BCUT2D eigenvalue weighted by Crippen LogP contribution is 2.25. The Kier molecular flexibility index (Phi) is 5.49. The van der Waals surface area contributed by atoms with Crippen molar-refractivity contribution in [1.29, 1.82) is 0 Å². The number of hydrogen-bond donors (Lipinski definition) is 1. The Morgan fingerprint density at radius 1 is 0.885 bits per heavy atom. The molecule has 0 saturated heterocycles. The molecule has 26 heavy (non-hydrogen) atoms. The van der Waals surface area contributed by atoms with Crippen LogP contribution in [0, 0.1) is 5.82 Å². The molecule has 0 aliphatic rings. The summed E-state index contributed by atoms with van der Waals surface area (Å²) in [6.45, 7) is 2.54. The number of halogens is 1. The lowest BCUT2D eigenvalue weighted by molar-refractivity contribution is 0.102. The second-order valence-corrected chi connectivity index (χ2v) is 5.46. The topological polar surface area (TPSA) is 47.6 Å². The van der Waals surface area contributed by atoms with E-state index < -0.39 is 11.7 Å². The summed E-state index contributed by atoms with van der Waals surface area (Å²) in [6, 6.07) is 20.0. The van der Waals surface area contributed by atoms with E-state index in [1.54, 1.807) is 36.4 Å². The maximum atomic E-state index is 13.6. The predicted molar refractivity (Wildman–Crippen MR) is 98.5 cm³/mol. The number of amides is 1. The lowest BCUT2D eigenvalue weighted by Gasteiger charge is -2.09. The Morgan fingerprint density at radius 2 is 1.46 bits per heavy atom. The number of anilines is 1. The van der Waals surface area contributed by atoms with Crippen molar-refractivity contribution < 1.29 is 18.7 Å². The first kappa shape index (κ1) is 17.5. The van der Waals surface area contributed by atoms with Crippen LogP contribution in [0.25, 0.3) is 0 Å². The van der Waals surface area contributed by atoms with Crippen LogP contribution in [0.3, 0.4) is 0 Å². The zero-order valence-corrected chi connectivity index (χ0v) is 14.2. The zero-order valence-electron chi connectivity index (χ0n) is 14.2. The number of rotatable bonds is 6. The van der Waals surface area contributed by atoms with E-state index in [-0.39, 0.29) is 5.56 Å². The molecule has 3 aromatic carbocycles. The van der Waals surface area contributed by atoms with E-state index in [0.29, 0.717) is 23.8 Å². The van der Waals surface area contributed by atoms with Gasteiger partial charge in [0.1, 0.15) is 23.1 Å². The van der Waals surface area contributed by atoms with Crippen LogP contribution in [0.15, 0.2) is 72.8 Å². The van der Waals surface area contributed by atoms with Gasteiger partial charge >= 0.3 is 0 Å². The molecule has 0 bridgehead atoms. The third-order valence-electron chi connectivity index (χ3n) is 3.60. The number of benzene rings is 3. The first-order valence-electron chi connectivity index (χ1n) is 8.22. The molecule has 0 radical (unpaired) electrons. The molecule has 5 heteroatoms. The Hall–Kier alpha value is -3.34. The third kappa shape index (κ3) is 4.39. The Balaban J connectivity index is 1.63. The molecule has 1 N–H and O–H groups in total. The van der Waals surface area contributed by atoms with E-state index in [9.17, 15) is 9.18 Å². The van der Waals surface area contributed by atoms with Crippen molar-refractivity contribution in [2.45, 2.75) is 6.92 Å². The van der Waals surface area contributed by atoms with Crippen molar-refractivity contribution in [2.24, 2.45) is 0 Å². The van der Waals surface area contributed by atoms with Crippen molar-refractivity contribution >= 4 is 11.6 Å². The first-order valence-corrected chi connectivity index (χ1v) is 8.22. The van der Waals surface area contributed by atoms with Gasteiger partial charge in [0.05, 0.1) is 12.2 Å². The highest BCUT2D eigenvalue weighted by molar-refractivity contribution is 6.04. The van der Waals surface area contributed by atoms with Gasteiger partial charge in [-0.1, -0.05) is 12.1 Å². The van der Waals surface area contributed by atoms with Crippen molar-refractivity contribution in [3.63, 3.8) is 0 Å². The predicted octanol–water partition coefficient (Wildman–Crippen LogP) is 5.27. The number of ether oxygens (including phenoxy) is 2. The number of nitrogens with one attached hydrogen (secondary N) is 1. The number of carbonyl (C=O) groups excluding carboxylic acids is 1. The molecule has 0 atom stereocenters. The summed E-state index contributed by atoms with van der Waals surface area (Å²) >= 11 is 0. The smallest absolute Gasteiger partial charge is 0.258 e. The van der Waals surface area contributed by atoms with Gasteiger partial charge in [-0.15, -0.1) is 0 Å². The van der Waals surface area contributed by atoms with Crippen LogP contribution in [-0.4, -0.2) is 12.5 Å². The van der Waals surface area contributed by atoms with E-state index >= 15 is 0 Å². The monoisotopic (exact) mass is 351 g/mol. The zero-order chi connectivity index (χ0) is 18.4. The molecule has 0 saturated carbocycles. The molecular formula is C21H18FNO3. The van der Waals surface area contributed by atoms with Crippen LogP contribution >= 0.6 is 0 Å². The van der Waals surface area contributed by atoms with Gasteiger partial charge in [-0.2, -0.15) is 0 Å². The average molecular weight is 351 g/mol. The quantitative estimate of drug-likeness (QED) is 0.658. The van der Waals surface area contributed by atoms with Gasteiger partial charge in [-0.3, -0.25) is 4.79 Å². The Morgan fingerprint density at radius 3 is 2.08 bits per heavy atom. The molecule has 3 rings (SSSR count). The summed E-state index contributed by atoms with van der Waals surface area (Å²) in [5.74, 6) is 1.03. The largest absolute Gasteiger partial charge is 0.494 e. The molecule has 0 spiro atoms. The summed E-state index contributed by atoms with van der Waals surface area (Å²) in [5, 5.41) is 2.66. The number of hydrogen-bond acceptors (Lipinski definition) is 3. The Labute approximate surface area is 151 Å². The molecular weight excluding hydrogens is 333 g/mol. The lowest BCUT2D eigenvalue weighted by Crippen LogP contribution is -2.13. The second kappa shape index (κ2) is 8.16. The fourth-order valence-corrected chi connectivity index (χ4v) is 2.36.